The van der Waals surface area contributed by atoms with Crippen LogP contribution in [0.4, 0.5) is 0 Å². The molecular formula is C13H14N2O. The lowest BCUT2D eigenvalue weighted by Gasteiger charge is -2.04. The van der Waals surface area contributed by atoms with Crippen molar-refractivity contribution in [3.63, 3.8) is 0 Å². The smallest absolute Gasteiger partial charge is 0.185 e. The number of rotatable bonds is 5. The molecule has 82 valence electrons. The zero-order chi connectivity index (χ0) is 11.2. The molecule has 0 amide bonds. The average Bonchev–Trinajstić information content (AvgIpc) is 2.78. The Morgan fingerprint density at radius 3 is 2.81 bits per heavy atom. The fraction of sp³-hybridized carbons (Fsp3) is 0.231. The highest BCUT2D eigenvalue weighted by atomic mass is 16.1. The Morgan fingerprint density at radius 1 is 1.25 bits per heavy atom. The predicted molar refractivity (Wildman–Crippen MR) is 62.4 cm³/mol. The molecule has 1 heterocycles. The summed E-state index contributed by atoms with van der Waals surface area (Å²) in [6.45, 7) is 0.836. The van der Waals surface area contributed by atoms with Crippen molar-refractivity contribution < 1.29 is 4.79 Å². The Bertz CT molecular complexity index is 448. The minimum absolute atomic E-state index is 0.507. The maximum Gasteiger partial charge on any atom is 0.185 e. The molecule has 0 radical (unpaired) electrons. The summed E-state index contributed by atoms with van der Waals surface area (Å²) in [5.41, 5.74) is 1.33. The molecule has 0 aliphatic carbocycles. The number of carbonyl (C=O) groups excluding carboxylic acids is 1. The Labute approximate surface area is 94.7 Å². The van der Waals surface area contributed by atoms with Gasteiger partial charge in [0.2, 0.25) is 0 Å². The van der Waals surface area contributed by atoms with E-state index in [1.807, 2.05) is 29.0 Å². The normalized spacial score (nSPS) is 10.2. The van der Waals surface area contributed by atoms with Crippen LogP contribution in [0.1, 0.15) is 22.6 Å². The molecule has 16 heavy (non-hydrogen) atoms. The number of aryl methyl sites for hydroxylation is 2. The standard InChI is InChI=1S/C13H14N2O/c16-11-13-14-8-10-15(13)9-4-7-12-5-2-1-3-6-12/h1-3,5-6,8,10-11H,4,7,9H2. The number of nitrogens with zero attached hydrogens (tertiary/aromatic N) is 2. The number of carbonyl (C=O) groups is 1. The molecule has 0 saturated heterocycles. The van der Waals surface area contributed by atoms with Gasteiger partial charge >= 0.3 is 0 Å². The lowest BCUT2D eigenvalue weighted by Crippen LogP contribution is -2.03. The Morgan fingerprint density at radius 2 is 2.06 bits per heavy atom. The molecule has 1 aromatic heterocycles. The summed E-state index contributed by atoms with van der Waals surface area (Å²) in [5, 5.41) is 0. The third-order valence-electron chi connectivity index (χ3n) is 2.56. The number of aldehydes is 1. The second kappa shape index (κ2) is 5.26. The quantitative estimate of drug-likeness (QED) is 0.716. The van der Waals surface area contributed by atoms with Crippen molar-refractivity contribution in [3.8, 4) is 0 Å². The van der Waals surface area contributed by atoms with E-state index in [9.17, 15) is 4.79 Å². The third-order valence-corrected chi connectivity index (χ3v) is 2.56. The summed E-state index contributed by atoms with van der Waals surface area (Å²) in [5.74, 6) is 0.507. The maximum absolute atomic E-state index is 10.6. The molecule has 0 aliphatic rings. The average molecular weight is 214 g/mol. The third kappa shape index (κ3) is 2.57. The van der Waals surface area contributed by atoms with E-state index < -0.39 is 0 Å². The second-order valence-corrected chi connectivity index (χ2v) is 3.69. The van der Waals surface area contributed by atoms with Gasteiger partial charge in [0, 0.05) is 18.9 Å². The summed E-state index contributed by atoms with van der Waals surface area (Å²) >= 11 is 0. The van der Waals surface area contributed by atoms with Crippen LogP contribution in [-0.4, -0.2) is 15.8 Å². The van der Waals surface area contributed by atoms with Crippen LogP contribution in [0.15, 0.2) is 42.7 Å². The van der Waals surface area contributed by atoms with Crippen LogP contribution in [0.3, 0.4) is 0 Å². The first-order valence-corrected chi connectivity index (χ1v) is 5.40. The van der Waals surface area contributed by atoms with Crippen molar-refractivity contribution >= 4 is 6.29 Å². The van der Waals surface area contributed by atoms with E-state index in [1.54, 1.807) is 6.20 Å². The van der Waals surface area contributed by atoms with E-state index in [2.05, 4.69) is 17.1 Å². The van der Waals surface area contributed by atoms with Crippen molar-refractivity contribution in [2.24, 2.45) is 0 Å². The number of hydrogen-bond donors (Lipinski definition) is 0. The number of benzene rings is 1. The van der Waals surface area contributed by atoms with Gasteiger partial charge in [-0.2, -0.15) is 0 Å². The molecule has 0 N–H and O–H groups in total. The van der Waals surface area contributed by atoms with Gasteiger partial charge < -0.3 is 4.57 Å². The van der Waals surface area contributed by atoms with Crippen LogP contribution in [0.5, 0.6) is 0 Å². The van der Waals surface area contributed by atoms with E-state index in [0.29, 0.717) is 5.82 Å². The topological polar surface area (TPSA) is 34.9 Å². The van der Waals surface area contributed by atoms with Crippen molar-refractivity contribution in [2.75, 3.05) is 0 Å². The van der Waals surface area contributed by atoms with Crippen LogP contribution >= 0.6 is 0 Å². The van der Waals surface area contributed by atoms with E-state index >= 15 is 0 Å². The molecule has 1 aromatic carbocycles. The molecular weight excluding hydrogens is 200 g/mol. The highest BCUT2D eigenvalue weighted by molar-refractivity contribution is 5.69. The van der Waals surface area contributed by atoms with Crippen molar-refractivity contribution in [1.29, 1.82) is 0 Å². The Kier molecular flexibility index (Phi) is 3.49. The molecule has 3 nitrogen and oxygen atoms in total. The first-order valence-electron chi connectivity index (χ1n) is 5.40. The summed E-state index contributed by atoms with van der Waals surface area (Å²) in [6, 6.07) is 10.3. The van der Waals surface area contributed by atoms with Crippen LogP contribution < -0.4 is 0 Å². The van der Waals surface area contributed by atoms with Gasteiger partial charge in [-0.15, -0.1) is 0 Å². The highest BCUT2D eigenvalue weighted by Gasteiger charge is 2.00. The zero-order valence-electron chi connectivity index (χ0n) is 9.04. The Balaban J connectivity index is 1.87. The van der Waals surface area contributed by atoms with Crippen molar-refractivity contribution in [2.45, 2.75) is 19.4 Å². The first-order chi connectivity index (χ1) is 7.90. The zero-order valence-corrected chi connectivity index (χ0v) is 9.04. The fourth-order valence-electron chi connectivity index (χ4n) is 1.73. The van der Waals surface area contributed by atoms with E-state index in [1.165, 1.54) is 5.56 Å². The molecule has 0 fully saturated rings. The molecule has 0 saturated carbocycles. The van der Waals surface area contributed by atoms with E-state index in [0.717, 1.165) is 25.7 Å². The fourth-order valence-corrected chi connectivity index (χ4v) is 1.73. The van der Waals surface area contributed by atoms with Gasteiger partial charge in [-0.25, -0.2) is 4.98 Å². The largest absolute Gasteiger partial charge is 0.329 e. The lowest BCUT2D eigenvalue weighted by molar-refractivity contribution is 0.111. The summed E-state index contributed by atoms with van der Waals surface area (Å²) in [6.07, 6.45) is 6.34. The van der Waals surface area contributed by atoms with Gasteiger partial charge in [0.15, 0.2) is 12.1 Å². The number of aromatic nitrogens is 2. The molecule has 0 spiro atoms. The van der Waals surface area contributed by atoms with Crippen molar-refractivity contribution in [3.05, 3.63) is 54.1 Å². The first kappa shape index (κ1) is 10.6. The summed E-state index contributed by atoms with van der Waals surface area (Å²) in [4.78, 5) is 14.6. The van der Waals surface area contributed by atoms with Crippen molar-refractivity contribution in [1.82, 2.24) is 9.55 Å². The van der Waals surface area contributed by atoms with Crippen LogP contribution in [0.25, 0.3) is 0 Å². The molecule has 0 unspecified atom stereocenters. The van der Waals surface area contributed by atoms with Gasteiger partial charge in [0.25, 0.3) is 0 Å². The van der Waals surface area contributed by atoms with E-state index in [4.69, 9.17) is 0 Å². The maximum atomic E-state index is 10.6. The summed E-state index contributed by atoms with van der Waals surface area (Å²) < 4.78 is 1.88. The lowest BCUT2D eigenvalue weighted by atomic mass is 10.1. The van der Waals surface area contributed by atoms with Gasteiger partial charge in [-0.1, -0.05) is 30.3 Å². The van der Waals surface area contributed by atoms with Crippen LogP contribution in [-0.2, 0) is 13.0 Å². The van der Waals surface area contributed by atoms with Gasteiger partial charge in [0.1, 0.15) is 0 Å². The second-order valence-electron chi connectivity index (χ2n) is 3.69. The Hall–Kier alpha value is -1.90. The monoisotopic (exact) mass is 214 g/mol. The molecule has 0 atom stereocenters. The number of imidazole rings is 1. The molecule has 2 aromatic rings. The van der Waals surface area contributed by atoms with Gasteiger partial charge in [0.05, 0.1) is 0 Å². The molecule has 3 heteroatoms. The van der Waals surface area contributed by atoms with Gasteiger partial charge in [-0.3, -0.25) is 4.79 Å². The minimum atomic E-state index is 0.507. The van der Waals surface area contributed by atoms with E-state index in [-0.39, 0.29) is 0 Å². The summed E-state index contributed by atoms with van der Waals surface area (Å²) in [7, 11) is 0. The SMILES string of the molecule is O=Cc1nccn1CCCc1ccccc1. The van der Waals surface area contributed by atoms with Crippen LogP contribution in [0.2, 0.25) is 0 Å². The molecule has 2 rings (SSSR count). The van der Waals surface area contributed by atoms with Gasteiger partial charge in [-0.05, 0) is 18.4 Å². The number of hydrogen-bond acceptors (Lipinski definition) is 2. The predicted octanol–water partition coefficient (Wildman–Crippen LogP) is 2.33. The molecule has 0 bridgehead atoms. The minimum Gasteiger partial charge on any atom is -0.329 e. The molecule has 0 aliphatic heterocycles. The van der Waals surface area contributed by atoms with Crippen LogP contribution in [0, 0.1) is 0 Å². The highest BCUT2D eigenvalue weighted by Crippen LogP contribution is 2.04.